The zero-order valence-electron chi connectivity index (χ0n) is 9.74. The van der Waals surface area contributed by atoms with Gasteiger partial charge in [0.1, 0.15) is 0 Å². The van der Waals surface area contributed by atoms with Crippen LogP contribution in [0.15, 0.2) is 42.0 Å². The van der Waals surface area contributed by atoms with Gasteiger partial charge in [-0.2, -0.15) is 0 Å². The number of hydrogen-bond acceptors (Lipinski definition) is 1. The third-order valence-electron chi connectivity index (χ3n) is 3.59. The fourth-order valence-electron chi connectivity index (χ4n) is 2.60. The summed E-state index contributed by atoms with van der Waals surface area (Å²) in [6.07, 6.45) is 7.08. The first kappa shape index (κ1) is 9.86. The normalized spacial score (nSPS) is 20.3. The highest BCUT2D eigenvalue weighted by Crippen LogP contribution is 2.34. The van der Waals surface area contributed by atoms with Crippen LogP contribution in [0.1, 0.15) is 17.5 Å². The van der Waals surface area contributed by atoms with Gasteiger partial charge >= 0.3 is 0 Å². The topological polar surface area (TPSA) is 3.24 Å². The van der Waals surface area contributed by atoms with Crippen molar-refractivity contribution < 1.29 is 0 Å². The highest BCUT2D eigenvalue weighted by Gasteiger charge is 2.18. The van der Waals surface area contributed by atoms with Crippen LogP contribution in [0.4, 0.5) is 0 Å². The number of nitrogens with zero attached hydrogens (tertiary/aromatic N) is 1. The van der Waals surface area contributed by atoms with Crippen molar-refractivity contribution in [2.45, 2.75) is 12.8 Å². The summed E-state index contributed by atoms with van der Waals surface area (Å²) in [5.41, 5.74) is 5.97. The maximum absolute atomic E-state index is 2.39. The van der Waals surface area contributed by atoms with Gasteiger partial charge in [0.25, 0.3) is 0 Å². The Balaban J connectivity index is 1.93. The van der Waals surface area contributed by atoms with Crippen LogP contribution in [0.3, 0.4) is 0 Å². The minimum Gasteiger partial charge on any atom is -0.302 e. The van der Waals surface area contributed by atoms with Crippen LogP contribution in [-0.2, 0) is 6.42 Å². The summed E-state index contributed by atoms with van der Waals surface area (Å²) in [4.78, 5) is 2.37. The molecule has 0 atom stereocenters. The first-order valence-electron chi connectivity index (χ1n) is 6.01. The van der Waals surface area contributed by atoms with Crippen molar-refractivity contribution in [3.8, 4) is 0 Å². The predicted octanol–water partition coefficient (Wildman–Crippen LogP) is 2.89. The van der Waals surface area contributed by atoms with Crippen molar-refractivity contribution in [2.24, 2.45) is 0 Å². The lowest BCUT2D eigenvalue weighted by atomic mass is 9.95. The van der Waals surface area contributed by atoms with Crippen molar-refractivity contribution in [3.05, 3.63) is 53.1 Å². The van der Waals surface area contributed by atoms with Crippen molar-refractivity contribution in [2.75, 3.05) is 20.1 Å². The minimum atomic E-state index is 1.09. The molecule has 0 saturated heterocycles. The molecule has 0 aromatic heterocycles. The van der Waals surface area contributed by atoms with E-state index in [2.05, 4.69) is 48.4 Å². The molecule has 16 heavy (non-hydrogen) atoms. The smallest absolute Gasteiger partial charge is 0.0166 e. The van der Waals surface area contributed by atoms with E-state index in [0.717, 1.165) is 13.0 Å². The van der Waals surface area contributed by atoms with Gasteiger partial charge in [-0.15, -0.1) is 0 Å². The quantitative estimate of drug-likeness (QED) is 0.690. The summed E-state index contributed by atoms with van der Waals surface area (Å²) in [6, 6.07) is 8.79. The maximum Gasteiger partial charge on any atom is 0.0166 e. The summed E-state index contributed by atoms with van der Waals surface area (Å²) in [5, 5.41) is 0. The molecule has 3 rings (SSSR count). The van der Waals surface area contributed by atoms with Gasteiger partial charge in [-0.3, -0.25) is 0 Å². The zero-order valence-corrected chi connectivity index (χ0v) is 9.74. The lowest BCUT2D eigenvalue weighted by Gasteiger charge is -2.23. The molecule has 82 valence electrons. The molecule has 0 saturated carbocycles. The number of likely N-dealkylation sites (N-methyl/N-ethyl adjacent to an activating group) is 1. The molecule has 1 aliphatic heterocycles. The summed E-state index contributed by atoms with van der Waals surface area (Å²) < 4.78 is 0. The number of allylic oxidation sites excluding steroid dienone is 2. The van der Waals surface area contributed by atoms with E-state index in [1.165, 1.54) is 29.7 Å². The molecule has 1 aliphatic carbocycles. The predicted molar refractivity (Wildman–Crippen MR) is 68.3 cm³/mol. The van der Waals surface area contributed by atoms with Gasteiger partial charge in [-0.25, -0.2) is 0 Å². The summed E-state index contributed by atoms with van der Waals surface area (Å²) in [7, 11) is 2.18. The van der Waals surface area contributed by atoms with Crippen LogP contribution < -0.4 is 0 Å². The van der Waals surface area contributed by atoms with E-state index in [-0.39, 0.29) is 0 Å². The van der Waals surface area contributed by atoms with Gasteiger partial charge < -0.3 is 4.90 Å². The molecule has 0 fully saturated rings. The van der Waals surface area contributed by atoms with Crippen LogP contribution >= 0.6 is 0 Å². The monoisotopic (exact) mass is 211 g/mol. The van der Waals surface area contributed by atoms with E-state index in [9.17, 15) is 0 Å². The second-order valence-corrected chi connectivity index (χ2v) is 4.72. The van der Waals surface area contributed by atoms with Crippen LogP contribution in [-0.4, -0.2) is 25.0 Å². The fraction of sp³-hybridized carbons (Fsp3) is 0.333. The van der Waals surface area contributed by atoms with Gasteiger partial charge in [-0.05, 0) is 42.2 Å². The fourth-order valence-corrected chi connectivity index (χ4v) is 2.60. The van der Waals surface area contributed by atoms with E-state index in [4.69, 9.17) is 0 Å². The van der Waals surface area contributed by atoms with Gasteiger partial charge in [0.15, 0.2) is 0 Å². The van der Waals surface area contributed by atoms with Gasteiger partial charge in [0.2, 0.25) is 0 Å². The number of rotatable bonds is 1. The number of hydrogen-bond donors (Lipinski definition) is 0. The van der Waals surface area contributed by atoms with Gasteiger partial charge in [-0.1, -0.05) is 36.4 Å². The van der Waals surface area contributed by atoms with Crippen LogP contribution in [0.25, 0.3) is 5.57 Å². The highest BCUT2D eigenvalue weighted by atomic mass is 15.1. The Bertz CT molecular complexity index is 468. The molecule has 1 aromatic carbocycles. The second kappa shape index (κ2) is 3.91. The molecule has 0 unspecified atom stereocenters. The molecule has 0 bridgehead atoms. The van der Waals surface area contributed by atoms with E-state index in [1.54, 1.807) is 5.57 Å². The van der Waals surface area contributed by atoms with Gasteiger partial charge in [0, 0.05) is 13.1 Å². The molecular weight excluding hydrogens is 194 g/mol. The maximum atomic E-state index is 2.39. The Kier molecular flexibility index (Phi) is 2.41. The Labute approximate surface area is 97.1 Å². The Morgan fingerprint density at radius 3 is 2.81 bits per heavy atom. The van der Waals surface area contributed by atoms with Crippen molar-refractivity contribution >= 4 is 5.57 Å². The molecule has 1 heteroatoms. The van der Waals surface area contributed by atoms with Crippen molar-refractivity contribution in [1.82, 2.24) is 4.90 Å². The molecule has 1 aromatic rings. The number of benzene rings is 1. The Morgan fingerprint density at radius 1 is 1.12 bits per heavy atom. The average Bonchev–Trinajstić information content (AvgIpc) is 2.74. The van der Waals surface area contributed by atoms with Crippen LogP contribution in [0, 0.1) is 0 Å². The standard InChI is InChI=1S/C15H17N/c1-16-10-8-13(9-11-16)15-7-6-12-4-2-3-5-14(12)15/h2-5,7-8H,6,9-11H2,1H3. The molecule has 1 heterocycles. The second-order valence-electron chi connectivity index (χ2n) is 4.72. The van der Waals surface area contributed by atoms with Crippen LogP contribution in [0.5, 0.6) is 0 Å². The SMILES string of the molecule is CN1CC=C(C2=CCc3ccccc32)CC1. The first-order chi connectivity index (χ1) is 7.84. The van der Waals surface area contributed by atoms with E-state index < -0.39 is 0 Å². The van der Waals surface area contributed by atoms with E-state index in [1.807, 2.05) is 0 Å². The average molecular weight is 211 g/mol. The summed E-state index contributed by atoms with van der Waals surface area (Å²) >= 11 is 0. The van der Waals surface area contributed by atoms with Crippen molar-refractivity contribution in [3.63, 3.8) is 0 Å². The molecule has 1 nitrogen and oxygen atoms in total. The Hall–Kier alpha value is -1.34. The highest BCUT2D eigenvalue weighted by molar-refractivity contribution is 5.84. The largest absolute Gasteiger partial charge is 0.302 e. The summed E-state index contributed by atoms with van der Waals surface area (Å²) in [5.74, 6) is 0. The number of fused-ring (bicyclic) bond motifs is 1. The molecule has 0 N–H and O–H groups in total. The molecule has 0 amide bonds. The van der Waals surface area contributed by atoms with Crippen molar-refractivity contribution in [1.29, 1.82) is 0 Å². The minimum absolute atomic E-state index is 1.09. The third-order valence-corrected chi connectivity index (χ3v) is 3.59. The molecule has 0 radical (unpaired) electrons. The first-order valence-corrected chi connectivity index (χ1v) is 6.01. The van der Waals surface area contributed by atoms with Crippen LogP contribution in [0.2, 0.25) is 0 Å². The third kappa shape index (κ3) is 1.61. The lowest BCUT2D eigenvalue weighted by Crippen LogP contribution is -2.24. The molecule has 0 spiro atoms. The molecule has 2 aliphatic rings. The lowest BCUT2D eigenvalue weighted by molar-refractivity contribution is 0.362. The van der Waals surface area contributed by atoms with E-state index >= 15 is 0 Å². The van der Waals surface area contributed by atoms with Gasteiger partial charge in [0.05, 0.1) is 0 Å². The Morgan fingerprint density at radius 2 is 2.00 bits per heavy atom. The molecular formula is C15H17N. The zero-order chi connectivity index (χ0) is 11.0. The summed E-state index contributed by atoms with van der Waals surface area (Å²) in [6.45, 7) is 2.28. The van der Waals surface area contributed by atoms with E-state index in [0.29, 0.717) is 0 Å².